The number of ether oxygens (including phenoxy) is 1. The Morgan fingerprint density at radius 3 is 3.00 bits per heavy atom. The van der Waals surface area contributed by atoms with Gasteiger partial charge in [-0.2, -0.15) is 0 Å². The Morgan fingerprint density at radius 1 is 1.50 bits per heavy atom. The average molecular weight is 300 g/mol. The average Bonchev–Trinajstić information content (AvgIpc) is 2.95. The van der Waals surface area contributed by atoms with Crippen molar-refractivity contribution in [1.29, 1.82) is 0 Å². The summed E-state index contributed by atoms with van der Waals surface area (Å²) in [6, 6.07) is 5.27. The molecule has 1 heterocycles. The molecule has 2 rings (SSSR count). The number of hydrogen-bond donors (Lipinski definition) is 1. The van der Waals surface area contributed by atoms with Crippen LogP contribution in [-0.2, 0) is 4.74 Å². The van der Waals surface area contributed by atoms with Crippen LogP contribution in [0.15, 0.2) is 18.2 Å². The first kappa shape index (κ1) is 15.7. The molecule has 1 N–H and O–H groups in total. The monoisotopic (exact) mass is 299 g/mol. The van der Waals surface area contributed by atoms with Gasteiger partial charge in [0, 0.05) is 12.6 Å². The van der Waals surface area contributed by atoms with E-state index in [0.29, 0.717) is 6.10 Å². The quantitative estimate of drug-likeness (QED) is 0.801. The summed E-state index contributed by atoms with van der Waals surface area (Å²) in [5.74, 6) is -0.343. The molecule has 1 aromatic rings. The lowest BCUT2D eigenvalue weighted by Crippen LogP contribution is -2.23. The number of nitrogens with one attached hydrogen (secondary N) is 1. The summed E-state index contributed by atoms with van der Waals surface area (Å²) < 4.78 is 19.3. The van der Waals surface area contributed by atoms with E-state index in [1.54, 1.807) is 12.1 Å². The molecule has 1 aromatic carbocycles. The fourth-order valence-electron chi connectivity index (χ4n) is 2.66. The first-order valence-corrected chi connectivity index (χ1v) is 7.88. The highest BCUT2D eigenvalue weighted by atomic mass is 35.5. The minimum atomic E-state index is -0.343. The predicted octanol–water partition coefficient (Wildman–Crippen LogP) is 4.48. The molecular formula is C16H23ClFNO. The fourth-order valence-corrected chi connectivity index (χ4v) is 2.78. The Labute approximate surface area is 125 Å². The van der Waals surface area contributed by atoms with Crippen LogP contribution in [0.3, 0.4) is 0 Å². The number of rotatable bonds is 7. The van der Waals surface area contributed by atoms with Crippen molar-refractivity contribution in [2.24, 2.45) is 0 Å². The zero-order valence-corrected chi connectivity index (χ0v) is 12.8. The van der Waals surface area contributed by atoms with Crippen LogP contribution in [0.25, 0.3) is 0 Å². The molecule has 1 aliphatic rings. The maximum absolute atomic E-state index is 13.6. The van der Waals surface area contributed by atoms with Crippen molar-refractivity contribution < 1.29 is 9.13 Å². The molecule has 2 unspecified atom stereocenters. The van der Waals surface area contributed by atoms with Crippen molar-refractivity contribution in [3.05, 3.63) is 34.6 Å². The standard InChI is InChI=1S/C16H23ClFNO/c1-2-9-19-16(8-6-13-4-3-10-20-13)12-5-7-14(17)15(18)11-12/h5,7,11,13,16,19H,2-4,6,8-10H2,1H3. The van der Waals surface area contributed by atoms with Crippen LogP contribution < -0.4 is 5.32 Å². The Bertz CT molecular complexity index is 421. The second-order valence-corrected chi connectivity index (χ2v) is 5.80. The maximum Gasteiger partial charge on any atom is 0.142 e. The summed E-state index contributed by atoms with van der Waals surface area (Å²) in [7, 11) is 0. The van der Waals surface area contributed by atoms with E-state index in [1.165, 1.54) is 0 Å². The van der Waals surface area contributed by atoms with E-state index in [2.05, 4.69) is 12.2 Å². The van der Waals surface area contributed by atoms with Crippen molar-refractivity contribution in [3.63, 3.8) is 0 Å². The fraction of sp³-hybridized carbons (Fsp3) is 0.625. The number of halogens is 2. The van der Waals surface area contributed by atoms with Crippen LogP contribution in [0.1, 0.15) is 50.6 Å². The summed E-state index contributed by atoms with van der Waals surface area (Å²) in [6.07, 6.45) is 5.73. The molecule has 1 saturated heterocycles. The van der Waals surface area contributed by atoms with Crippen LogP contribution in [0, 0.1) is 5.82 Å². The molecule has 0 aliphatic carbocycles. The largest absolute Gasteiger partial charge is 0.378 e. The van der Waals surface area contributed by atoms with Crippen molar-refractivity contribution in [2.45, 2.75) is 51.2 Å². The van der Waals surface area contributed by atoms with Crippen molar-refractivity contribution >= 4 is 11.6 Å². The third-order valence-electron chi connectivity index (χ3n) is 3.79. The Kier molecular flexibility index (Phi) is 6.27. The maximum atomic E-state index is 13.6. The summed E-state index contributed by atoms with van der Waals surface area (Å²) in [5.41, 5.74) is 0.971. The molecule has 0 spiro atoms. The van der Waals surface area contributed by atoms with Crippen LogP contribution in [0.2, 0.25) is 5.02 Å². The van der Waals surface area contributed by atoms with Gasteiger partial charge in [-0.1, -0.05) is 24.6 Å². The molecule has 1 fully saturated rings. The van der Waals surface area contributed by atoms with E-state index < -0.39 is 0 Å². The Hall–Kier alpha value is -0.640. The summed E-state index contributed by atoms with van der Waals surface area (Å²) in [4.78, 5) is 0. The predicted molar refractivity (Wildman–Crippen MR) is 80.7 cm³/mol. The number of hydrogen-bond acceptors (Lipinski definition) is 2. The van der Waals surface area contributed by atoms with Gasteiger partial charge >= 0.3 is 0 Å². The first-order valence-electron chi connectivity index (χ1n) is 7.50. The topological polar surface area (TPSA) is 21.3 Å². The Morgan fingerprint density at radius 2 is 2.35 bits per heavy atom. The van der Waals surface area contributed by atoms with Gasteiger partial charge in [-0.05, 0) is 56.3 Å². The van der Waals surface area contributed by atoms with E-state index in [0.717, 1.165) is 50.8 Å². The number of benzene rings is 1. The molecule has 0 amide bonds. The molecule has 2 nitrogen and oxygen atoms in total. The van der Waals surface area contributed by atoms with Crippen LogP contribution >= 0.6 is 11.6 Å². The van der Waals surface area contributed by atoms with Crippen LogP contribution in [-0.4, -0.2) is 19.3 Å². The molecule has 2 atom stereocenters. The van der Waals surface area contributed by atoms with Gasteiger partial charge in [-0.3, -0.25) is 0 Å². The molecule has 0 bridgehead atoms. The zero-order chi connectivity index (χ0) is 14.4. The second kappa shape index (κ2) is 7.96. The molecule has 0 radical (unpaired) electrons. The molecule has 1 aliphatic heterocycles. The van der Waals surface area contributed by atoms with Crippen molar-refractivity contribution in [2.75, 3.05) is 13.2 Å². The van der Waals surface area contributed by atoms with E-state index in [9.17, 15) is 4.39 Å². The molecular weight excluding hydrogens is 277 g/mol. The molecule has 112 valence electrons. The second-order valence-electron chi connectivity index (χ2n) is 5.39. The van der Waals surface area contributed by atoms with Gasteiger partial charge in [0.05, 0.1) is 11.1 Å². The molecule has 4 heteroatoms. The van der Waals surface area contributed by atoms with Crippen LogP contribution in [0.4, 0.5) is 4.39 Å². The Balaban J connectivity index is 1.99. The van der Waals surface area contributed by atoms with E-state index in [4.69, 9.17) is 16.3 Å². The molecule has 0 aromatic heterocycles. The van der Waals surface area contributed by atoms with Gasteiger partial charge in [0.25, 0.3) is 0 Å². The van der Waals surface area contributed by atoms with Gasteiger partial charge < -0.3 is 10.1 Å². The zero-order valence-electron chi connectivity index (χ0n) is 12.0. The minimum absolute atomic E-state index is 0.172. The molecule has 0 saturated carbocycles. The lowest BCUT2D eigenvalue weighted by molar-refractivity contribution is 0.0996. The van der Waals surface area contributed by atoms with Crippen molar-refractivity contribution in [3.8, 4) is 0 Å². The highest BCUT2D eigenvalue weighted by molar-refractivity contribution is 6.30. The third kappa shape index (κ3) is 4.44. The van der Waals surface area contributed by atoms with Gasteiger partial charge in [-0.15, -0.1) is 0 Å². The van der Waals surface area contributed by atoms with E-state index in [1.807, 2.05) is 6.07 Å². The lowest BCUT2D eigenvalue weighted by Gasteiger charge is -2.21. The highest BCUT2D eigenvalue weighted by Crippen LogP contribution is 2.26. The van der Waals surface area contributed by atoms with Crippen molar-refractivity contribution in [1.82, 2.24) is 5.32 Å². The summed E-state index contributed by atoms with van der Waals surface area (Å²) in [6.45, 7) is 3.94. The SMILES string of the molecule is CCCNC(CCC1CCCO1)c1ccc(Cl)c(F)c1. The van der Waals surface area contributed by atoms with Gasteiger partial charge in [0.15, 0.2) is 0 Å². The summed E-state index contributed by atoms with van der Waals surface area (Å²) in [5, 5.41) is 3.67. The lowest BCUT2D eigenvalue weighted by atomic mass is 9.99. The van der Waals surface area contributed by atoms with Gasteiger partial charge in [0.2, 0.25) is 0 Å². The third-order valence-corrected chi connectivity index (χ3v) is 4.09. The van der Waals surface area contributed by atoms with E-state index >= 15 is 0 Å². The molecule has 20 heavy (non-hydrogen) atoms. The van der Waals surface area contributed by atoms with Gasteiger partial charge in [0.1, 0.15) is 5.82 Å². The van der Waals surface area contributed by atoms with Gasteiger partial charge in [-0.25, -0.2) is 4.39 Å². The van der Waals surface area contributed by atoms with Crippen LogP contribution in [0.5, 0.6) is 0 Å². The minimum Gasteiger partial charge on any atom is -0.378 e. The smallest absolute Gasteiger partial charge is 0.142 e. The first-order chi connectivity index (χ1) is 9.70. The highest BCUT2D eigenvalue weighted by Gasteiger charge is 2.19. The summed E-state index contributed by atoms with van der Waals surface area (Å²) >= 11 is 5.75. The normalized spacial score (nSPS) is 20.2. The van der Waals surface area contributed by atoms with E-state index in [-0.39, 0.29) is 16.9 Å².